The zero-order valence-corrected chi connectivity index (χ0v) is 13.8. The maximum Gasteiger partial charge on any atom is 0.278 e. The first-order valence-electron chi connectivity index (χ1n) is 7.14. The minimum atomic E-state index is -0.483. The Morgan fingerprint density at radius 1 is 1.42 bits per heavy atom. The number of nitrogens with zero attached hydrogens (tertiary/aromatic N) is 3. The van der Waals surface area contributed by atoms with Crippen LogP contribution in [0.1, 0.15) is 27.4 Å². The van der Waals surface area contributed by atoms with Gasteiger partial charge in [-0.25, -0.2) is 4.39 Å². The fourth-order valence-electron chi connectivity index (χ4n) is 2.20. The van der Waals surface area contributed by atoms with Crippen molar-refractivity contribution in [2.75, 3.05) is 5.32 Å². The maximum absolute atomic E-state index is 13.6. The summed E-state index contributed by atoms with van der Waals surface area (Å²) in [4.78, 5) is 12.4. The second-order valence-electron chi connectivity index (χ2n) is 5.34. The molecule has 0 saturated carbocycles. The van der Waals surface area contributed by atoms with Gasteiger partial charge in [0.2, 0.25) is 0 Å². The molecule has 0 unspecified atom stereocenters. The van der Waals surface area contributed by atoms with Crippen LogP contribution in [0.2, 0.25) is 5.02 Å². The third kappa shape index (κ3) is 3.30. The molecule has 0 radical (unpaired) electrons. The Labute approximate surface area is 142 Å². The number of hydrogen-bond acceptors (Lipinski definition) is 4. The van der Waals surface area contributed by atoms with Crippen LogP contribution >= 0.6 is 11.6 Å². The van der Waals surface area contributed by atoms with Gasteiger partial charge in [0.15, 0.2) is 5.69 Å². The van der Waals surface area contributed by atoms with E-state index < -0.39 is 11.7 Å². The summed E-state index contributed by atoms with van der Waals surface area (Å²) < 4.78 is 20.3. The number of rotatable bonds is 4. The van der Waals surface area contributed by atoms with Crippen LogP contribution < -0.4 is 5.32 Å². The van der Waals surface area contributed by atoms with Crippen LogP contribution in [0.25, 0.3) is 0 Å². The van der Waals surface area contributed by atoms with Crippen LogP contribution in [0.4, 0.5) is 10.1 Å². The van der Waals surface area contributed by atoms with Gasteiger partial charge in [0.25, 0.3) is 5.91 Å². The quantitative estimate of drug-likeness (QED) is 0.782. The van der Waals surface area contributed by atoms with Gasteiger partial charge in [-0.1, -0.05) is 22.8 Å². The van der Waals surface area contributed by atoms with Crippen LogP contribution in [-0.2, 0) is 6.54 Å². The van der Waals surface area contributed by atoms with E-state index in [9.17, 15) is 9.18 Å². The van der Waals surface area contributed by atoms with E-state index in [1.165, 1.54) is 12.3 Å². The van der Waals surface area contributed by atoms with Gasteiger partial charge in [0, 0.05) is 17.4 Å². The van der Waals surface area contributed by atoms with Crippen LogP contribution in [0.15, 0.2) is 35.1 Å². The van der Waals surface area contributed by atoms with Crippen LogP contribution in [0, 0.1) is 19.7 Å². The summed E-state index contributed by atoms with van der Waals surface area (Å²) in [5.74, 6) is -0.374. The minimum absolute atomic E-state index is 0.125. The smallest absolute Gasteiger partial charge is 0.278 e. The zero-order valence-electron chi connectivity index (χ0n) is 13.0. The van der Waals surface area contributed by atoms with E-state index >= 15 is 0 Å². The number of anilines is 1. The first-order chi connectivity index (χ1) is 11.4. The van der Waals surface area contributed by atoms with Crippen molar-refractivity contribution in [1.29, 1.82) is 0 Å². The van der Waals surface area contributed by atoms with Crippen molar-refractivity contribution >= 4 is 23.2 Å². The van der Waals surface area contributed by atoms with E-state index in [0.717, 1.165) is 0 Å². The average Bonchev–Trinajstić information content (AvgIpc) is 3.10. The van der Waals surface area contributed by atoms with Gasteiger partial charge >= 0.3 is 0 Å². The fraction of sp³-hybridized carbons (Fsp3) is 0.188. The Kier molecular flexibility index (Phi) is 4.35. The molecular weight excluding hydrogens is 335 g/mol. The van der Waals surface area contributed by atoms with E-state index in [-0.39, 0.29) is 12.2 Å². The van der Waals surface area contributed by atoms with E-state index in [0.29, 0.717) is 27.6 Å². The number of aromatic nitrogens is 3. The summed E-state index contributed by atoms with van der Waals surface area (Å²) in [7, 11) is 0. The summed E-state index contributed by atoms with van der Waals surface area (Å²) >= 11 is 5.84. The molecule has 2 aromatic heterocycles. The summed E-state index contributed by atoms with van der Waals surface area (Å²) in [6, 6.07) is 4.47. The number of carbonyl (C=O) groups is 1. The number of aryl methyl sites for hydroxylation is 2. The molecule has 1 aromatic carbocycles. The Morgan fingerprint density at radius 2 is 2.21 bits per heavy atom. The molecule has 2 heterocycles. The highest BCUT2D eigenvalue weighted by Gasteiger charge is 2.21. The molecule has 8 heteroatoms. The lowest BCUT2D eigenvalue weighted by Crippen LogP contribution is -2.16. The molecule has 0 fully saturated rings. The molecule has 0 bridgehead atoms. The second kappa shape index (κ2) is 6.45. The summed E-state index contributed by atoms with van der Waals surface area (Å²) in [5.41, 5.74) is 1.55. The molecule has 0 aliphatic rings. The van der Waals surface area contributed by atoms with Crippen molar-refractivity contribution in [3.05, 3.63) is 64.0 Å². The molecule has 0 atom stereocenters. The Bertz CT molecular complexity index is 903. The molecule has 24 heavy (non-hydrogen) atoms. The highest BCUT2D eigenvalue weighted by atomic mass is 35.5. The Balaban J connectivity index is 1.83. The van der Waals surface area contributed by atoms with E-state index in [1.54, 1.807) is 36.9 Å². The molecule has 3 rings (SSSR count). The number of hydrogen-bond donors (Lipinski definition) is 1. The van der Waals surface area contributed by atoms with Crippen molar-refractivity contribution in [2.24, 2.45) is 0 Å². The molecule has 0 saturated heterocycles. The molecule has 124 valence electrons. The van der Waals surface area contributed by atoms with Gasteiger partial charge in [-0.15, -0.1) is 0 Å². The normalized spacial score (nSPS) is 10.8. The van der Waals surface area contributed by atoms with Crippen molar-refractivity contribution < 1.29 is 13.7 Å². The minimum Gasteiger partial charge on any atom is -0.361 e. The SMILES string of the molecule is Cc1ccc(NC(=O)c2noc(C)c2Cn2cc(Cl)cn2)cc1F. The predicted molar refractivity (Wildman–Crippen MR) is 86.7 cm³/mol. The van der Waals surface area contributed by atoms with E-state index in [2.05, 4.69) is 15.6 Å². The summed E-state index contributed by atoms with van der Waals surface area (Å²) in [6.07, 6.45) is 3.13. The van der Waals surface area contributed by atoms with Crippen molar-refractivity contribution in [3.8, 4) is 0 Å². The van der Waals surface area contributed by atoms with Gasteiger partial charge in [0.1, 0.15) is 11.6 Å². The fourth-order valence-corrected chi connectivity index (χ4v) is 2.36. The molecule has 0 aliphatic carbocycles. The van der Waals surface area contributed by atoms with Gasteiger partial charge in [-0.2, -0.15) is 5.10 Å². The summed E-state index contributed by atoms with van der Waals surface area (Å²) in [5, 5.41) is 11.0. The first kappa shape index (κ1) is 16.2. The molecule has 0 spiro atoms. The lowest BCUT2D eigenvalue weighted by Gasteiger charge is -2.06. The van der Waals surface area contributed by atoms with E-state index in [4.69, 9.17) is 16.1 Å². The highest BCUT2D eigenvalue weighted by molar-refractivity contribution is 6.30. The standard InChI is InChI=1S/C16H14ClFN4O2/c1-9-3-4-12(5-14(9)18)20-16(23)15-13(10(2)24-21-15)8-22-7-11(17)6-19-22/h3-7H,8H2,1-2H3,(H,20,23). The van der Waals surface area contributed by atoms with Crippen LogP contribution in [0.5, 0.6) is 0 Å². The van der Waals surface area contributed by atoms with Gasteiger partial charge < -0.3 is 9.84 Å². The van der Waals surface area contributed by atoms with Crippen molar-refractivity contribution in [3.63, 3.8) is 0 Å². The Hall–Kier alpha value is -2.67. The van der Waals surface area contributed by atoms with Gasteiger partial charge in [-0.05, 0) is 31.5 Å². The highest BCUT2D eigenvalue weighted by Crippen LogP contribution is 2.19. The topological polar surface area (TPSA) is 73.0 Å². The number of nitrogens with one attached hydrogen (secondary N) is 1. The zero-order chi connectivity index (χ0) is 17.3. The first-order valence-corrected chi connectivity index (χ1v) is 7.52. The van der Waals surface area contributed by atoms with Crippen molar-refractivity contribution in [2.45, 2.75) is 20.4 Å². The molecule has 6 nitrogen and oxygen atoms in total. The average molecular weight is 349 g/mol. The van der Waals surface area contributed by atoms with Gasteiger partial charge in [-0.3, -0.25) is 9.48 Å². The number of carbonyl (C=O) groups excluding carboxylic acids is 1. The van der Waals surface area contributed by atoms with Crippen LogP contribution in [-0.4, -0.2) is 20.8 Å². The lowest BCUT2D eigenvalue weighted by molar-refractivity contribution is 0.101. The van der Waals surface area contributed by atoms with Gasteiger partial charge in [0.05, 0.1) is 17.8 Å². The van der Waals surface area contributed by atoms with E-state index in [1.807, 2.05) is 0 Å². The molecule has 0 aliphatic heterocycles. The second-order valence-corrected chi connectivity index (χ2v) is 5.78. The lowest BCUT2D eigenvalue weighted by atomic mass is 10.1. The third-order valence-corrected chi connectivity index (χ3v) is 3.75. The Morgan fingerprint density at radius 3 is 2.88 bits per heavy atom. The number of halogens is 2. The third-order valence-electron chi connectivity index (χ3n) is 3.55. The summed E-state index contributed by atoms with van der Waals surface area (Å²) in [6.45, 7) is 3.64. The molecule has 1 amide bonds. The monoisotopic (exact) mass is 348 g/mol. The molecular formula is C16H14ClFN4O2. The number of benzene rings is 1. The largest absolute Gasteiger partial charge is 0.361 e. The van der Waals surface area contributed by atoms with Crippen LogP contribution in [0.3, 0.4) is 0 Å². The molecule has 3 aromatic rings. The molecule has 1 N–H and O–H groups in total. The maximum atomic E-state index is 13.6. The number of amides is 1. The predicted octanol–water partition coefficient (Wildman–Crippen LogP) is 3.58. The van der Waals surface area contributed by atoms with Crippen molar-refractivity contribution in [1.82, 2.24) is 14.9 Å².